The first-order valence-electron chi connectivity index (χ1n) is 8.78. The molecule has 156 valence electrons. The van der Waals surface area contributed by atoms with E-state index in [4.69, 9.17) is 4.74 Å². The van der Waals surface area contributed by atoms with Gasteiger partial charge in [0.25, 0.3) is 5.91 Å². The Balaban J connectivity index is 1.89. The number of methoxy groups -OCH3 is 1. The summed E-state index contributed by atoms with van der Waals surface area (Å²) in [6.45, 7) is 1.65. The van der Waals surface area contributed by atoms with Crippen LogP contribution >= 0.6 is 0 Å². The molecule has 2 aromatic carbocycles. The Morgan fingerprint density at radius 2 is 1.76 bits per heavy atom. The number of amides is 2. The van der Waals surface area contributed by atoms with Crippen molar-refractivity contribution in [3.63, 3.8) is 0 Å². The summed E-state index contributed by atoms with van der Waals surface area (Å²) in [6.07, 6.45) is 0.347. The lowest BCUT2D eigenvalue weighted by molar-refractivity contribution is -0.115. The minimum atomic E-state index is -4.01. The van der Waals surface area contributed by atoms with Crippen molar-refractivity contribution in [3.05, 3.63) is 53.8 Å². The van der Waals surface area contributed by atoms with Gasteiger partial charge in [-0.05, 0) is 42.5 Å². The first-order valence-corrected chi connectivity index (χ1v) is 10.3. The molecule has 2 aromatic rings. The molecule has 0 fully saturated rings. The second-order valence-corrected chi connectivity index (χ2v) is 7.66. The van der Waals surface area contributed by atoms with Crippen LogP contribution in [0.25, 0.3) is 0 Å². The van der Waals surface area contributed by atoms with E-state index in [0.29, 0.717) is 17.7 Å². The van der Waals surface area contributed by atoms with Crippen LogP contribution in [0.3, 0.4) is 0 Å². The van der Waals surface area contributed by atoms with Gasteiger partial charge in [-0.1, -0.05) is 6.92 Å². The summed E-state index contributed by atoms with van der Waals surface area (Å²) < 4.78 is 45.3. The Morgan fingerprint density at radius 3 is 2.38 bits per heavy atom. The summed E-state index contributed by atoms with van der Waals surface area (Å²) in [7, 11) is -2.73. The molecule has 0 aliphatic carbocycles. The van der Waals surface area contributed by atoms with E-state index >= 15 is 0 Å². The maximum absolute atomic E-state index is 13.4. The number of ether oxygens (including phenoxy) is 1. The molecule has 0 aliphatic rings. The second-order valence-electron chi connectivity index (χ2n) is 5.93. The molecule has 29 heavy (non-hydrogen) atoms. The molecule has 0 aliphatic heterocycles. The average molecular weight is 423 g/mol. The Labute approximate surface area is 168 Å². The highest BCUT2D eigenvalue weighted by Crippen LogP contribution is 2.23. The molecular formula is C19H22FN3O5S. The number of carbonyl (C=O) groups is 2. The van der Waals surface area contributed by atoms with Crippen LogP contribution in [-0.4, -0.2) is 40.4 Å². The van der Waals surface area contributed by atoms with Gasteiger partial charge in [0.2, 0.25) is 15.9 Å². The topological polar surface area (TPSA) is 114 Å². The predicted molar refractivity (Wildman–Crippen MR) is 106 cm³/mol. The van der Waals surface area contributed by atoms with Gasteiger partial charge in [-0.2, -0.15) is 0 Å². The number of hydrogen-bond acceptors (Lipinski definition) is 5. The van der Waals surface area contributed by atoms with Crippen molar-refractivity contribution in [3.8, 4) is 5.75 Å². The monoisotopic (exact) mass is 423 g/mol. The molecule has 0 radical (unpaired) electrons. The third kappa shape index (κ3) is 6.26. The van der Waals surface area contributed by atoms with Crippen LogP contribution < -0.4 is 20.1 Å². The zero-order valence-corrected chi connectivity index (χ0v) is 16.8. The van der Waals surface area contributed by atoms with E-state index in [1.165, 1.54) is 13.2 Å². The van der Waals surface area contributed by atoms with Gasteiger partial charge in [0.15, 0.2) is 0 Å². The molecule has 2 amide bonds. The van der Waals surface area contributed by atoms with Crippen molar-refractivity contribution in [2.75, 3.05) is 25.5 Å². The van der Waals surface area contributed by atoms with Crippen molar-refractivity contribution in [2.24, 2.45) is 0 Å². The standard InChI is InChI=1S/C19H22FN3O5S/c1-3-18(24)23-15-7-4-13(5-8-15)19(25)21-10-11-22-29(26,27)17-12-14(20)6-9-16(17)28-2/h4-9,12,22H,3,10-11H2,1-2H3,(H,21,25)(H,23,24). The zero-order valence-electron chi connectivity index (χ0n) is 16.0. The van der Waals surface area contributed by atoms with E-state index < -0.39 is 21.7 Å². The van der Waals surface area contributed by atoms with Crippen LogP contribution in [-0.2, 0) is 14.8 Å². The number of carbonyl (C=O) groups excluding carboxylic acids is 2. The van der Waals surface area contributed by atoms with E-state index in [-0.39, 0.29) is 29.6 Å². The summed E-state index contributed by atoms with van der Waals surface area (Å²) >= 11 is 0. The quantitative estimate of drug-likeness (QED) is 0.533. The second kappa shape index (κ2) is 9.99. The number of nitrogens with one attached hydrogen (secondary N) is 3. The third-order valence-electron chi connectivity index (χ3n) is 3.87. The summed E-state index contributed by atoms with van der Waals surface area (Å²) in [5, 5.41) is 5.25. The molecule has 0 unspecified atom stereocenters. The Bertz CT molecular complexity index is 978. The number of sulfonamides is 1. The molecule has 0 bridgehead atoms. The van der Waals surface area contributed by atoms with Crippen LogP contribution in [0.2, 0.25) is 0 Å². The molecule has 3 N–H and O–H groups in total. The van der Waals surface area contributed by atoms with Crippen molar-refractivity contribution in [1.82, 2.24) is 10.0 Å². The average Bonchev–Trinajstić information content (AvgIpc) is 2.71. The Morgan fingerprint density at radius 1 is 1.07 bits per heavy atom. The van der Waals surface area contributed by atoms with Gasteiger partial charge in [0, 0.05) is 30.8 Å². The smallest absolute Gasteiger partial charge is 0.251 e. The van der Waals surface area contributed by atoms with Crippen LogP contribution in [0.5, 0.6) is 5.75 Å². The van der Waals surface area contributed by atoms with Crippen molar-refractivity contribution in [2.45, 2.75) is 18.2 Å². The largest absolute Gasteiger partial charge is 0.495 e. The van der Waals surface area contributed by atoms with Gasteiger partial charge in [0.1, 0.15) is 16.5 Å². The first-order chi connectivity index (χ1) is 13.8. The molecule has 0 heterocycles. The zero-order chi connectivity index (χ0) is 21.4. The summed E-state index contributed by atoms with van der Waals surface area (Å²) in [5.74, 6) is -1.23. The summed E-state index contributed by atoms with van der Waals surface area (Å²) in [6, 6.07) is 9.46. The SMILES string of the molecule is CCC(=O)Nc1ccc(C(=O)NCCNS(=O)(=O)c2cc(F)ccc2OC)cc1. The first kappa shape index (κ1) is 22.3. The highest BCUT2D eigenvalue weighted by atomic mass is 32.2. The predicted octanol–water partition coefficient (Wildman–Crippen LogP) is 1.89. The van der Waals surface area contributed by atoms with Gasteiger partial charge in [0.05, 0.1) is 7.11 Å². The molecule has 10 heteroatoms. The fraction of sp³-hybridized carbons (Fsp3) is 0.263. The van der Waals surface area contributed by atoms with E-state index in [0.717, 1.165) is 12.1 Å². The Kier molecular flexibility index (Phi) is 7.68. The molecule has 8 nitrogen and oxygen atoms in total. The summed E-state index contributed by atoms with van der Waals surface area (Å²) in [4.78, 5) is 23.1. The molecule has 0 atom stereocenters. The number of hydrogen-bond donors (Lipinski definition) is 3. The fourth-order valence-corrected chi connectivity index (χ4v) is 3.57. The van der Waals surface area contributed by atoms with Crippen molar-refractivity contribution in [1.29, 1.82) is 0 Å². The van der Waals surface area contributed by atoms with E-state index in [2.05, 4.69) is 15.4 Å². The van der Waals surface area contributed by atoms with Crippen LogP contribution in [0.4, 0.5) is 10.1 Å². The van der Waals surface area contributed by atoms with Crippen LogP contribution in [0.1, 0.15) is 23.7 Å². The lowest BCUT2D eigenvalue weighted by Gasteiger charge is -2.11. The number of rotatable bonds is 9. The number of benzene rings is 2. The normalized spacial score (nSPS) is 11.0. The minimum Gasteiger partial charge on any atom is -0.495 e. The van der Waals surface area contributed by atoms with Crippen LogP contribution in [0.15, 0.2) is 47.4 Å². The third-order valence-corrected chi connectivity index (χ3v) is 5.35. The maximum atomic E-state index is 13.4. The van der Waals surface area contributed by atoms with Gasteiger partial charge >= 0.3 is 0 Å². The van der Waals surface area contributed by atoms with Gasteiger partial charge in [-0.3, -0.25) is 9.59 Å². The highest BCUT2D eigenvalue weighted by Gasteiger charge is 2.20. The number of anilines is 1. The van der Waals surface area contributed by atoms with Gasteiger partial charge < -0.3 is 15.4 Å². The van der Waals surface area contributed by atoms with Crippen molar-refractivity contribution < 1.29 is 27.1 Å². The molecule has 0 aromatic heterocycles. The Hall–Kier alpha value is -2.98. The van der Waals surface area contributed by atoms with E-state index in [1.807, 2.05) is 0 Å². The lowest BCUT2D eigenvalue weighted by Crippen LogP contribution is -2.34. The van der Waals surface area contributed by atoms with E-state index in [1.54, 1.807) is 31.2 Å². The van der Waals surface area contributed by atoms with E-state index in [9.17, 15) is 22.4 Å². The van der Waals surface area contributed by atoms with Crippen molar-refractivity contribution >= 4 is 27.5 Å². The molecule has 2 rings (SSSR count). The molecule has 0 spiro atoms. The molecular weight excluding hydrogens is 401 g/mol. The minimum absolute atomic E-state index is 0.0122. The fourth-order valence-electron chi connectivity index (χ4n) is 2.36. The number of halogens is 1. The molecule has 0 saturated heterocycles. The highest BCUT2D eigenvalue weighted by molar-refractivity contribution is 7.89. The van der Waals surface area contributed by atoms with Crippen LogP contribution in [0, 0.1) is 5.82 Å². The lowest BCUT2D eigenvalue weighted by atomic mass is 10.2. The molecule has 0 saturated carbocycles. The maximum Gasteiger partial charge on any atom is 0.251 e. The summed E-state index contributed by atoms with van der Waals surface area (Å²) in [5.41, 5.74) is 0.930. The van der Waals surface area contributed by atoms with Gasteiger partial charge in [-0.15, -0.1) is 0 Å². The van der Waals surface area contributed by atoms with Gasteiger partial charge in [-0.25, -0.2) is 17.5 Å².